The molecule has 7 heteroatoms. The van der Waals surface area contributed by atoms with E-state index in [4.69, 9.17) is 16.3 Å². The zero-order valence-electron chi connectivity index (χ0n) is 13.6. The van der Waals surface area contributed by atoms with Crippen LogP contribution in [-0.2, 0) is 20.4 Å². The van der Waals surface area contributed by atoms with Crippen molar-refractivity contribution in [2.45, 2.75) is 24.3 Å². The SMILES string of the molecule is COC(C)(CNS(=O)(=O)c1ccc(C)c(Cl)c1)c1ccccc1F. The van der Waals surface area contributed by atoms with Crippen molar-refractivity contribution in [2.24, 2.45) is 0 Å². The number of benzene rings is 2. The highest BCUT2D eigenvalue weighted by molar-refractivity contribution is 7.89. The van der Waals surface area contributed by atoms with Gasteiger partial charge in [0.25, 0.3) is 0 Å². The summed E-state index contributed by atoms with van der Waals surface area (Å²) in [4.78, 5) is 0.0464. The number of methoxy groups -OCH3 is 1. The molecule has 2 aromatic rings. The number of ether oxygens (including phenoxy) is 1. The van der Waals surface area contributed by atoms with Crippen LogP contribution in [0, 0.1) is 12.7 Å². The Morgan fingerprint density at radius 3 is 2.50 bits per heavy atom. The molecule has 0 fully saturated rings. The Hall–Kier alpha value is -1.47. The number of sulfonamides is 1. The van der Waals surface area contributed by atoms with Gasteiger partial charge >= 0.3 is 0 Å². The van der Waals surface area contributed by atoms with Crippen LogP contribution in [0.5, 0.6) is 0 Å². The summed E-state index contributed by atoms with van der Waals surface area (Å²) >= 11 is 5.99. The number of rotatable bonds is 6. The van der Waals surface area contributed by atoms with Crippen molar-refractivity contribution in [1.82, 2.24) is 4.72 Å². The average Bonchev–Trinajstić information content (AvgIpc) is 2.55. The number of hydrogen-bond donors (Lipinski definition) is 1. The molecule has 1 N–H and O–H groups in total. The highest BCUT2D eigenvalue weighted by Crippen LogP contribution is 2.27. The number of aryl methyl sites for hydroxylation is 1. The highest BCUT2D eigenvalue weighted by Gasteiger charge is 2.31. The van der Waals surface area contributed by atoms with E-state index in [1.165, 1.54) is 25.3 Å². The maximum atomic E-state index is 14.0. The lowest BCUT2D eigenvalue weighted by Gasteiger charge is -2.29. The van der Waals surface area contributed by atoms with Crippen LogP contribution in [0.25, 0.3) is 0 Å². The quantitative estimate of drug-likeness (QED) is 0.843. The summed E-state index contributed by atoms with van der Waals surface area (Å²) in [5.41, 5.74) is -0.0896. The van der Waals surface area contributed by atoms with E-state index in [9.17, 15) is 12.8 Å². The summed E-state index contributed by atoms with van der Waals surface area (Å²) in [6.07, 6.45) is 0. The third kappa shape index (κ3) is 3.95. The zero-order chi connectivity index (χ0) is 18.0. The second-order valence-corrected chi connectivity index (χ2v) is 7.82. The van der Waals surface area contributed by atoms with Gasteiger partial charge in [-0.3, -0.25) is 0 Å². The van der Waals surface area contributed by atoms with Crippen LogP contribution in [0.2, 0.25) is 5.02 Å². The summed E-state index contributed by atoms with van der Waals surface area (Å²) in [5.74, 6) is -0.459. The van der Waals surface area contributed by atoms with E-state index >= 15 is 0 Å². The predicted molar refractivity (Wildman–Crippen MR) is 92.1 cm³/mol. The topological polar surface area (TPSA) is 55.4 Å². The lowest BCUT2D eigenvalue weighted by Crippen LogP contribution is -2.40. The molecule has 24 heavy (non-hydrogen) atoms. The lowest BCUT2D eigenvalue weighted by atomic mass is 9.95. The van der Waals surface area contributed by atoms with E-state index in [0.29, 0.717) is 5.02 Å². The minimum atomic E-state index is -3.80. The molecular weight excluding hydrogens is 353 g/mol. The second-order valence-electron chi connectivity index (χ2n) is 5.65. The fourth-order valence-electron chi connectivity index (χ4n) is 2.22. The Morgan fingerprint density at radius 1 is 1.25 bits per heavy atom. The van der Waals surface area contributed by atoms with Crippen LogP contribution in [0.4, 0.5) is 4.39 Å². The first-order chi connectivity index (χ1) is 11.2. The molecule has 0 aliphatic rings. The van der Waals surface area contributed by atoms with Crippen LogP contribution in [0.15, 0.2) is 47.4 Å². The van der Waals surface area contributed by atoms with E-state index in [2.05, 4.69) is 4.72 Å². The van der Waals surface area contributed by atoms with Gasteiger partial charge in [-0.15, -0.1) is 0 Å². The highest BCUT2D eigenvalue weighted by atomic mass is 35.5. The minimum Gasteiger partial charge on any atom is -0.372 e. The first-order valence-corrected chi connectivity index (χ1v) is 9.12. The molecule has 0 radical (unpaired) electrons. The fraction of sp³-hybridized carbons (Fsp3) is 0.294. The fourth-order valence-corrected chi connectivity index (χ4v) is 3.62. The van der Waals surface area contributed by atoms with Gasteiger partial charge in [-0.1, -0.05) is 35.9 Å². The zero-order valence-corrected chi connectivity index (χ0v) is 15.2. The van der Waals surface area contributed by atoms with Gasteiger partial charge in [0.1, 0.15) is 11.4 Å². The van der Waals surface area contributed by atoms with Crippen molar-refractivity contribution >= 4 is 21.6 Å². The summed E-state index contributed by atoms with van der Waals surface area (Å²) in [6, 6.07) is 10.6. The van der Waals surface area contributed by atoms with E-state index in [1.807, 2.05) is 0 Å². The molecule has 0 saturated carbocycles. The van der Waals surface area contributed by atoms with Crippen LogP contribution in [-0.4, -0.2) is 22.1 Å². The molecular formula is C17H19ClFNO3S. The van der Waals surface area contributed by atoms with Crippen molar-refractivity contribution < 1.29 is 17.5 Å². The maximum absolute atomic E-state index is 14.0. The standard InChI is InChI=1S/C17H19ClFNO3S/c1-12-8-9-13(10-15(12)18)24(21,22)20-11-17(2,23-3)14-6-4-5-7-16(14)19/h4-10,20H,11H2,1-3H3. The van der Waals surface area contributed by atoms with Crippen LogP contribution >= 0.6 is 11.6 Å². The van der Waals surface area contributed by atoms with E-state index in [0.717, 1.165) is 5.56 Å². The molecule has 0 amide bonds. The Labute approximate surface area is 146 Å². The molecule has 1 unspecified atom stereocenters. The van der Waals surface area contributed by atoms with Crippen molar-refractivity contribution in [3.05, 3.63) is 64.4 Å². The molecule has 4 nitrogen and oxygen atoms in total. The Morgan fingerprint density at radius 2 is 1.92 bits per heavy atom. The number of nitrogens with one attached hydrogen (secondary N) is 1. The monoisotopic (exact) mass is 371 g/mol. The molecule has 130 valence electrons. The second kappa shape index (κ2) is 7.19. The normalized spacial score (nSPS) is 14.4. The third-order valence-corrected chi connectivity index (χ3v) is 5.75. The molecule has 0 heterocycles. The van der Waals surface area contributed by atoms with Crippen LogP contribution in [0.3, 0.4) is 0 Å². The molecule has 2 rings (SSSR count). The number of hydrogen-bond acceptors (Lipinski definition) is 3. The summed E-state index contributed by atoms with van der Waals surface area (Å²) in [7, 11) is -2.39. The van der Waals surface area contributed by atoms with Crippen molar-refractivity contribution in [3.8, 4) is 0 Å². The van der Waals surface area contributed by atoms with Crippen LogP contribution in [0.1, 0.15) is 18.1 Å². The Bertz CT molecular complexity index is 841. The van der Waals surface area contributed by atoms with Gasteiger partial charge in [-0.25, -0.2) is 17.5 Å². The summed E-state index contributed by atoms with van der Waals surface area (Å²) in [6.45, 7) is 3.28. The Kier molecular flexibility index (Phi) is 5.65. The Balaban J connectivity index is 2.26. The first-order valence-electron chi connectivity index (χ1n) is 7.25. The van der Waals surface area contributed by atoms with Gasteiger partial charge in [0, 0.05) is 24.2 Å². The largest absolute Gasteiger partial charge is 0.372 e. The van der Waals surface area contributed by atoms with Gasteiger partial charge in [-0.05, 0) is 37.6 Å². The van der Waals surface area contributed by atoms with E-state index < -0.39 is 21.4 Å². The lowest BCUT2D eigenvalue weighted by molar-refractivity contribution is 0.00410. The van der Waals surface area contributed by atoms with Gasteiger partial charge in [0.15, 0.2) is 0 Å². The minimum absolute atomic E-state index is 0.0464. The summed E-state index contributed by atoms with van der Waals surface area (Å²) in [5, 5.41) is 0.362. The predicted octanol–water partition coefficient (Wildman–Crippen LogP) is 3.63. The molecule has 0 aliphatic carbocycles. The average molecular weight is 372 g/mol. The van der Waals surface area contributed by atoms with Gasteiger partial charge in [-0.2, -0.15) is 0 Å². The molecule has 2 aromatic carbocycles. The first kappa shape index (κ1) is 18.9. The van der Waals surface area contributed by atoms with Crippen molar-refractivity contribution in [2.75, 3.05) is 13.7 Å². The van der Waals surface area contributed by atoms with E-state index in [-0.39, 0.29) is 17.0 Å². The molecule has 0 spiro atoms. The van der Waals surface area contributed by atoms with E-state index in [1.54, 1.807) is 38.1 Å². The van der Waals surface area contributed by atoms with Crippen molar-refractivity contribution in [1.29, 1.82) is 0 Å². The van der Waals surface area contributed by atoms with Gasteiger partial charge in [0.2, 0.25) is 10.0 Å². The summed E-state index contributed by atoms with van der Waals surface area (Å²) < 4.78 is 46.8. The van der Waals surface area contributed by atoms with Crippen molar-refractivity contribution in [3.63, 3.8) is 0 Å². The van der Waals surface area contributed by atoms with Crippen LogP contribution < -0.4 is 4.72 Å². The molecule has 0 aliphatic heterocycles. The third-order valence-electron chi connectivity index (χ3n) is 3.95. The van der Waals surface area contributed by atoms with Gasteiger partial charge in [0.05, 0.1) is 4.90 Å². The maximum Gasteiger partial charge on any atom is 0.240 e. The van der Waals surface area contributed by atoms with Gasteiger partial charge < -0.3 is 4.74 Å². The molecule has 0 saturated heterocycles. The molecule has 0 aromatic heterocycles. The number of halogens is 2. The molecule has 0 bridgehead atoms. The smallest absolute Gasteiger partial charge is 0.240 e. The molecule has 1 atom stereocenters.